The summed E-state index contributed by atoms with van der Waals surface area (Å²) in [4.78, 5) is 23.6. The van der Waals surface area contributed by atoms with E-state index in [1.54, 1.807) is 25.2 Å². The monoisotopic (exact) mass is 340 g/mol. The average Bonchev–Trinajstić information content (AvgIpc) is 2.60. The first-order valence-corrected chi connectivity index (χ1v) is 8.35. The lowest BCUT2D eigenvalue weighted by atomic mass is 10.1. The smallest absolute Gasteiger partial charge is 0.255 e. The number of amides is 2. The van der Waals surface area contributed by atoms with E-state index < -0.39 is 0 Å². The molecule has 2 aromatic carbocycles. The van der Waals surface area contributed by atoms with Crippen LogP contribution in [0.5, 0.6) is 5.75 Å². The molecule has 2 amide bonds. The van der Waals surface area contributed by atoms with E-state index in [0.29, 0.717) is 29.8 Å². The molecule has 0 saturated heterocycles. The molecule has 0 unspecified atom stereocenters. The maximum Gasteiger partial charge on any atom is 0.255 e. The van der Waals surface area contributed by atoms with E-state index in [1.165, 1.54) is 0 Å². The van der Waals surface area contributed by atoms with Gasteiger partial charge >= 0.3 is 0 Å². The predicted octanol–water partition coefficient (Wildman–Crippen LogP) is 3.40. The zero-order valence-electron chi connectivity index (χ0n) is 14.8. The molecule has 0 radical (unpaired) electrons. The van der Waals surface area contributed by atoms with E-state index in [9.17, 15) is 9.59 Å². The van der Waals surface area contributed by atoms with Crippen LogP contribution in [0.1, 0.15) is 36.2 Å². The Labute approximate surface area is 148 Å². The second-order valence-electron chi connectivity index (χ2n) is 6.02. The third kappa shape index (κ3) is 5.95. The van der Waals surface area contributed by atoms with Crippen LogP contribution < -0.4 is 15.4 Å². The lowest BCUT2D eigenvalue weighted by Gasteiger charge is -2.11. The molecular formula is C20H24N2O3. The van der Waals surface area contributed by atoms with Crippen LogP contribution in [0.15, 0.2) is 48.5 Å². The van der Waals surface area contributed by atoms with E-state index in [0.717, 1.165) is 5.56 Å². The SMILES string of the molecule is CNC(=O)CCc1ccc(NC(=O)c2cccc(OC(C)C)c2)cc1. The van der Waals surface area contributed by atoms with Crippen LogP contribution in [0.4, 0.5) is 5.69 Å². The number of anilines is 1. The Balaban J connectivity index is 1.97. The van der Waals surface area contributed by atoms with Gasteiger partial charge in [-0.15, -0.1) is 0 Å². The summed E-state index contributed by atoms with van der Waals surface area (Å²) < 4.78 is 5.61. The molecule has 0 spiro atoms. The zero-order chi connectivity index (χ0) is 18.2. The Hall–Kier alpha value is -2.82. The first-order valence-electron chi connectivity index (χ1n) is 8.35. The van der Waals surface area contributed by atoms with Crippen LogP contribution in [0.25, 0.3) is 0 Å². The number of aryl methyl sites for hydroxylation is 1. The highest BCUT2D eigenvalue weighted by Crippen LogP contribution is 2.17. The number of carbonyl (C=O) groups is 2. The maximum atomic E-state index is 12.4. The molecule has 0 aliphatic carbocycles. The number of rotatable bonds is 7. The standard InChI is InChI=1S/C20H24N2O3/c1-14(2)25-18-6-4-5-16(13-18)20(24)22-17-10-7-15(8-11-17)9-12-19(23)21-3/h4-8,10-11,13-14H,9,12H2,1-3H3,(H,21,23)(H,22,24). The minimum Gasteiger partial charge on any atom is -0.491 e. The van der Waals surface area contributed by atoms with Gasteiger partial charge in [0.15, 0.2) is 0 Å². The van der Waals surface area contributed by atoms with E-state index in [-0.39, 0.29) is 17.9 Å². The van der Waals surface area contributed by atoms with Gasteiger partial charge in [0.05, 0.1) is 6.10 Å². The minimum absolute atomic E-state index is 0.0147. The average molecular weight is 340 g/mol. The lowest BCUT2D eigenvalue weighted by molar-refractivity contribution is -0.120. The molecule has 132 valence electrons. The molecule has 5 nitrogen and oxygen atoms in total. The van der Waals surface area contributed by atoms with Crippen molar-refractivity contribution in [2.75, 3.05) is 12.4 Å². The van der Waals surface area contributed by atoms with Crippen LogP contribution in [0.2, 0.25) is 0 Å². The van der Waals surface area contributed by atoms with Crippen molar-refractivity contribution in [3.8, 4) is 5.75 Å². The highest BCUT2D eigenvalue weighted by molar-refractivity contribution is 6.04. The van der Waals surface area contributed by atoms with Crippen LogP contribution >= 0.6 is 0 Å². The molecule has 0 saturated carbocycles. The van der Waals surface area contributed by atoms with Crippen LogP contribution in [-0.2, 0) is 11.2 Å². The molecular weight excluding hydrogens is 316 g/mol. The van der Waals surface area contributed by atoms with Crippen molar-refractivity contribution in [1.29, 1.82) is 0 Å². The Morgan fingerprint density at radius 1 is 1.08 bits per heavy atom. The Morgan fingerprint density at radius 3 is 2.44 bits per heavy atom. The third-order valence-corrected chi connectivity index (χ3v) is 3.60. The van der Waals surface area contributed by atoms with Crippen molar-refractivity contribution in [3.63, 3.8) is 0 Å². The van der Waals surface area contributed by atoms with Gasteiger partial charge in [-0.1, -0.05) is 18.2 Å². The fourth-order valence-electron chi connectivity index (χ4n) is 2.32. The number of ether oxygens (including phenoxy) is 1. The summed E-state index contributed by atoms with van der Waals surface area (Å²) in [5.41, 5.74) is 2.31. The van der Waals surface area contributed by atoms with Gasteiger partial charge in [-0.3, -0.25) is 9.59 Å². The number of benzene rings is 2. The summed E-state index contributed by atoms with van der Waals surface area (Å²) in [6, 6.07) is 14.6. The van der Waals surface area contributed by atoms with Crippen molar-refractivity contribution in [3.05, 3.63) is 59.7 Å². The van der Waals surface area contributed by atoms with E-state index in [4.69, 9.17) is 4.74 Å². The summed E-state index contributed by atoms with van der Waals surface area (Å²) in [6.07, 6.45) is 1.17. The summed E-state index contributed by atoms with van der Waals surface area (Å²) in [6.45, 7) is 3.89. The van der Waals surface area contributed by atoms with E-state index >= 15 is 0 Å². The number of nitrogens with one attached hydrogen (secondary N) is 2. The maximum absolute atomic E-state index is 12.4. The Kier molecular flexibility index (Phi) is 6.57. The summed E-state index contributed by atoms with van der Waals surface area (Å²) >= 11 is 0. The largest absolute Gasteiger partial charge is 0.491 e. The molecule has 0 heterocycles. The highest BCUT2D eigenvalue weighted by Gasteiger charge is 2.08. The zero-order valence-corrected chi connectivity index (χ0v) is 14.8. The summed E-state index contributed by atoms with van der Waals surface area (Å²) in [5, 5.41) is 5.47. The molecule has 2 aromatic rings. The van der Waals surface area contributed by atoms with Gasteiger partial charge in [-0.2, -0.15) is 0 Å². The molecule has 0 bridgehead atoms. The minimum atomic E-state index is -0.188. The fourth-order valence-corrected chi connectivity index (χ4v) is 2.32. The molecule has 0 aliphatic rings. The van der Waals surface area contributed by atoms with Gasteiger partial charge < -0.3 is 15.4 Å². The van der Waals surface area contributed by atoms with Gasteiger partial charge in [0.1, 0.15) is 5.75 Å². The molecule has 5 heteroatoms. The number of hydrogen-bond donors (Lipinski definition) is 2. The van der Waals surface area contributed by atoms with Crippen molar-refractivity contribution in [2.45, 2.75) is 32.8 Å². The second-order valence-corrected chi connectivity index (χ2v) is 6.02. The van der Waals surface area contributed by atoms with Gasteiger partial charge in [-0.25, -0.2) is 0 Å². The Morgan fingerprint density at radius 2 is 1.80 bits per heavy atom. The first kappa shape index (κ1) is 18.5. The van der Waals surface area contributed by atoms with Gasteiger partial charge in [0, 0.05) is 24.7 Å². The first-order chi connectivity index (χ1) is 12.0. The quantitative estimate of drug-likeness (QED) is 0.812. The van der Waals surface area contributed by atoms with E-state index in [2.05, 4.69) is 10.6 Å². The third-order valence-electron chi connectivity index (χ3n) is 3.60. The topological polar surface area (TPSA) is 67.4 Å². The van der Waals surface area contributed by atoms with Crippen molar-refractivity contribution in [1.82, 2.24) is 5.32 Å². The Bertz CT molecular complexity index is 724. The molecule has 2 rings (SSSR count). The lowest BCUT2D eigenvalue weighted by Crippen LogP contribution is -2.17. The second kappa shape index (κ2) is 8.87. The van der Waals surface area contributed by atoms with Crippen LogP contribution in [0.3, 0.4) is 0 Å². The molecule has 25 heavy (non-hydrogen) atoms. The molecule has 0 aromatic heterocycles. The molecule has 0 aliphatic heterocycles. The highest BCUT2D eigenvalue weighted by atomic mass is 16.5. The van der Waals surface area contributed by atoms with Gasteiger partial charge in [0.2, 0.25) is 5.91 Å². The number of hydrogen-bond acceptors (Lipinski definition) is 3. The predicted molar refractivity (Wildman–Crippen MR) is 99.0 cm³/mol. The summed E-state index contributed by atoms with van der Waals surface area (Å²) in [5.74, 6) is 0.500. The van der Waals surface area contributed by atoms with E-state index in [1.807, 2.05) is 44.2 Å². The van der Waals surface area contributed by atoms with Gasteiger partial charge in [0.25, 0.3) is 5.91 Å². The van der Waals surface area contributed by atoms with Crippen LogP contribution in [0, 0.1) is 0 Å². The van der Waals surface area contributed by atoms with Crippen LogP contribution in [-0.4, -0.2) is 25.0 Å². The summed E-state index contributed by atoms with van der Waals surface area (Å²) in [7, 11) is 1.63. The fraction of sp³-hybridized carbons (Fsp3) is 0.300. The van der Waals surface area contributed by atoms with Crippen molar-refractivity contribution in [2.24, 2.45) is 0 Å². The van der Waals surface area contributed by atoms with Crippen molar-refractivity contribution >= 4 is 17.5 Å². The molecule has 0 fully saturated rings. The molecule has 0 atom stereocenters. The number of carbonyl (C=O) groups excluding carboxylic acids is 2. The van der Waals surface area contributed by atoms with Gasteiger partial charge in [-0.05, 0) is 56.2 Å². The normalized spacial score (nSPS) is 10.4. The van der Waals surface area contributed by atoms with Crippen molar-refractivity contribution < 1.29 is 14.3 Å². The molecule has 2 N–H and O–H groups in total.